The van der Waals surface area contributed by atoms with E-state index in [1.165, 1.54) is 6.92 Å². The SMILES string of the molecule is CC(O)C(NC(=O)CNC(=O)C(N)Cc1ccccc1)C(=O)NCC(=O)NCC(=O)NCC(=O)NC(CCCCN)C(N)=O. The highest BCUT2D eigenvalue weighted by Gasteiger charge is 2.26. The van der Waals surface area contributed by atoms with Crippen molar-refractivity contribution in [3.05, 3.63) is 35.9 Å². The number of nitrogens with two attached hydrogens (primary N) is 3. The Kier molecular flexibility index (Phi) is 17.3. The monoisotopic (exact) mass is 621 g/mol. The Labute approximate surface area is 254 Å². The summed E-state index contributed by atoms with van der Waals surface area (Å²) in [6.07, 6.45) is 0.417. The molecule has 0 radical (unpaired) electrons. The average Bonchev–Trinajstić information content (AvgIpc) is 2.98. The van der Waals surface area contributed by atoms with Crippen LogP contribution in [0.15, 0.2) is 30.3 Å². The Hall–Kier alpha value is -4.61. The summed E-state index contributed by atoms with van der Waals surface area (Å²) in [6, 6.07) is 5.76. The first kappa shape index (κ1) is 37.4. The maximum atomic E-state index is 12.5. The second-order valence-electron chi connectivity index (χ2n) is 9.88. The molecule has 13 N–H and O–H groups in total. The minimum Gasteiger partial charge on any atom is -0.391 e. The van der Waals surface area contributed by atoms with Gasteiger partial charge in [-0.25, -0.2) is 0 Å². The molecular formula is C27H43N9O8. The Morgan fingerprint density at radius 3 is 1.84 bits per heavy atom. The van der Waals surface area contributed by atoms with Crippen LogP contribution in [0.4, 0.5) is 0 Å². The van der Waals surface area contributed by atoms with Crippen LogP contribution < -0.4 is 49.1 Å². The molecule has 0 spiro atoms. The van der Waals surface area contributed by atoms with E-state index in [1.807, 2.05) is 6.07 Å². The molecule has 0 saturated heterocycles. The largest absolute Gasteiger partial charge is 0.391 e. The van der Waals surface area contributed by atoms with E-state index >= 15 is 0 Å². The van der Waals surface area contributed by atoms with Crippen molar-refractivity contribution in [3.8, 4) is 0 Å². The number of primary amides is 1. The number of hydrogen-bond acceptors (Lipinski definition) is 10. The molecule has 17 heteroatoms. The molecule has 1 aromatic carbocycles. The van der Waals surface area contributed by atoms with Crippen molar-refractivity contribution in [3.63, 3.8) is 0 Å². The molecule has 0 aliphatic heterocycles. The second-order valence-corrected chi connectivity index (χ2v) is 9.88. The number of carbonyl (C=O) groups is 7. The van der Waals surface area contributed by atoms with E-state index in [0.29, 0.717) is 25.8 Å². The zero-order valence-corrected chi connectivity index (χ0v) is 24.6. The lowest BCUT2D eigenvalue weighted by atomic mass is 10.1. The van der Waals surface area contributed by atoms with Crippen LogP contribution in [0.5, 0.6) is 0 Å². The van der Waals surface area contributed by atoms with Crippen LogP contribution in [0.1, 0.15) is 31.7 Å². The summed E-state index contributed by atoms with van der Waals surface area (Å²) in [4.78, 5) is 84.5. The number of amides is 7. The Morgan fingerprint density at radius 1 is 0.750 bits per heavy atom. The second kappa shape index (κ2) is 20.3. The molecule has 0 aromatic heterocycles. The lowest BCUT2D eigenvalue weighted by Gasteiger charge is -2.21. The molecule has 0 heterocycles. The number of aliphatic hydroxyl groups is 1. The summed E-state index contributed by atoms with van der Waals surface area (Å²) in [5, 5.41) is 23.7. The van der Waals surface area contributed by atoms with Gasteiger partial charge in [0.15, 0.2) is 0 Å². The Morgan fingerprint density at radius 2 is 1.27 bits per heavy atom. The highest BCUT2D eigenvalue weighted by Crippen LogP contribution is 2.02. The van der Waals surface area contributed by atoms with Gasteiger partial charge in [0.2, 0.25) is 41.4 Å². The normalized spacial score (nSPS) is 13.3. The van der Waals surface area contributed by atoms with Crippen LogP contribution in [0.2, 0.25) is 0 Å². The van der Waals surface area contributed by atoms with Gasteiger partial charge in [0, 0.05) is 0 Å². The van der Waals surface area contributed by atoms with Crippen LogP contribution in [-0.2, 0) is 40.0 Å². The van der Waals surface area contributed by atoms with Gasteiger partial charge in [0.05, 0.1) is 38.3 Å². The Bertz CT molecular complexity index is 1130. The molecule has 1 aromatic rings. The maximum absolute atomic E-state index is 12.5. The van der Waals surface area contributed by atoms with Crippen LogP contribution in [0, 0.1) is 0 Å². The molecular weight excluding hydrogens is 578 g/mol. The number of unbranched alkanes of at least 4 members (excludes halogenated alkanes) is 1. The molecule has 0 aliphatic carbocycles. The smallest absolute Gasteiger partial charge is 0.245 e. The number of rotatable bonds is 20. The van der Waals surface area contributed by atoms with Gasteiger partial charge in [-0.2, -0.15) is 0 Å². The number of benzene rings is 1. The first-order chi connectivity index (χ1) is 20.8. The summed E-state index contributed by atoms with van der Waals surface area (Å²) in [5.74, 6) is -5.15. The number of aliphatic hydroxyl groups excluding tert-OH is 1. The summed E-state index contributed by atoms with van der Waals surface area (Å²) in [7, 11) is 0. The molecule has 17 nitrogen and oxygen atoms in total. The lowest BCUT2D eigenvalue weighted by molar-refractivity contribution is -0.133. The van der Waals surface area contributed by atoms with Gasteiger partial charge in [-0.05, 0) is 44.7 Å². The predicted octanol–water partition coefficient (Wildman–Crippen LogP) is -5.01. The van der Waals surface area contributed by atoms with E-state index in [-0.39, 0.29) is 6.42 Å². The fourth-order valence-electron chi connectivity index (χ4n) is 3.67. The average molecular weight is 622 g/mol. The highest BCUT2D eigenvalue weighted by molar-refractivity contribution is 5.94. The summed E-state index contributed by atoms with van der Waals surface area (Å²) in [6.45, 7) is -0.439. The van der Waals surface area contributed by atoms with E-state index in [9.17, 15) is 38.7 Å². The third-order valence-corrected chi connectivity index (χ3v) is 6.08. The van der Waals surface area contributed by atoms with Crippen molar-refractivity contribution in [1.29, 1.82) is 0 Å². The fourth-order valence-corrected chi connectivity index (χ4v) is 3.67. The fraction of sp³-hybridized carbons (Fsp3) is 0.519. The quantitative estimate of drug-likeness (QED) is 0.0618. The summed E-state index contributed by atoms with van der Waals surface area (Å²) in [5.41, 5.74) is 17.4. The van der Waals surface area contributed by atoms with Crippen molar-refractivity contribution in [2.75, 3.05) is 32.7 Å². The van der Waals surface area contributed by atoms with Gasteiger partial charge in [0.1, 0.15) is 12.1 Å². The van der Waals surface area contributed by atoms with Crippen molar-refractivity contribution >= 4 is 41.4 Å². The Balaban J connectivity index is 2.39. The standard InChI is InChI=1S/C27H43N9O8/c1-16(37)24(36-23(41)15-33-26(43)18(29)11-17-7-3-2-4-8-17)27(44)34-13-21(39)31-12-20(38)32-14-22(40)35-19(25(30)42)9-5-6-10-28/h2-4,7-8,16,18-19,24,37H,5-6,9-15,28-29H2,1H3,(H2,30,42)(H,31,39)(H,32,38)(H,33,43)(H,34,44)(H,35,40)(H,36,41). The minimum absolute atomic E-state index is 0.249. The van der Waals surface area contributed by atoms with Gasteiger partial charge in [-0.3, -0.25) is 33.6 Å². The van der Waals surface area contributed by atoms with Gasteiger partial charge >= 0.3 is 0 Å². The first-order valence-corrected chi connectivity index (χ1v) is 14.0. The number of hydrogen-bond donors (Lipinski definition) is 10. The first-order valence-electron chi connectivity index (χ1n) is 14.0. The van der Waals surface area contributed by atoms with E-state index in [4.69, 9.17) is 17.2 Å². The molecule has 244 valence electrons. The highest BCUT2D eigenvalue weighted by atomic mass is 16.3. The van der Waals surface area contributed by atoms with Crippen molar-refractivity contribution in [2.24, 2.45) is 17.2 Å². The molecule has 7 amide bonds. The van der Waals surface area contributed by atoms with E-state index in [2.05, 4.69) is 31.9 Å². The van der Waals surface area contributed by atoms with E-state index in [1.54, 1.807) is 24.3 Å². The number of carbonyl (C=O) groups excluding carboxylic acids is 7. The zero-order chi connectivity index (χ0) is 33.1. The molecule has 0 aliphatic rings. The lowest BCUT2D eigenvalue weighted by Crippen LogP contribution is -2.56. The van der Waals surface area contributed by atoms with E-state index in [0.717, 1.165) is 5.56 Å². The zero-order valence-electron chi connectivity index (χ0n) is 24.6. The third kappa shape index (κ3) is 15.6. The topological polar surface area (TPSA) is 290 Å². The van der Waals surface area contributed by atoms with Crippen LogP contribution in [-0.4, -0.2) is 103 Å². The van der Waals surface area contributed by atoms with Gasteiger partial charge in [-0.15, -0.1) is 0 Å². The molecule has 0 bridgehead atoms. The third-order valence-electron chi connectivity index (χ3n) is 6.08. The van der Waals surface area contributed by atoms with Gasteiger partial charge in [0.25, 0.3) is 0 Å². The van der Waals surface area contributed by atoms with Crippen molar-refractivity contribution in [2.45, 2.75) is 56.8 Å². The maximum Gasteiger partial charge on any atom is 0.245 e. The van der Waals surface area contributed by atoms with Gasteiger partial charge < -0.3 is 54.2 Å². The molecule has 1 rings (SSSR count). The molecule has 4 unspecified atom stereocenters. The van der Waals surface area contributed by atoms with E-state index < -0.39 is 91.8 Å². The van der Waals surface area contributed by atoms with Crippen molar-refractivity contribution in [1.82, 2.24) is 31.9 Å². The minimum atomic E-state index is -1.45. The van der Waals surface area contributed by atoms with Crippen LogP contribution in [0.25, 0.3) is 0 Å². The molecule has 4 atom stereocenters. The summed E-state index contributed by atoms with van der Waals surface area (Å²) < 4.78 is 0. The summed E-state index contributed by atoms with van der Waals surface area (Å²) >= 11 is 0. The van der Waals surface area contributed by atoms with Crippen LogP contribution >= 0.6 is 0 Å². The van der Waals surface area contributed by atoms with Crippen LogP contribution in [0.3, 0.4) is 0 Å². The van der Waals surface area contributed by atoms with Gasteiger partial charge in [-0.1, -0.05) is 30.3 Å². The molecule has 0 fully saturated rings. The molecule has 0 saturated carbocycles. The number of nitrogens with one attached hydrogen (secondary N) is 6. The molecule has 44 heavy (non-hydrogen) atoms. The van der Waals surface area contributed by atoms with Crippen molar-refractivity contribution < 1.29 is 38.7 Å². The predicted molar refractivity (Wildman–Crippen MR) is 158 cm³/mol.